The molecule has 0 aliphatic rings. The van der Waals surface area contributed by atoms with E-state index < -0.39 is 5.97 Å². The number of nitrogens with zero attached hydrogens (tertiary/aromatic N) is 1. The van der Waals surface area contributed by atoms with E-state index in [-0.39, 0.29) is 12.3 Å². The van der Waals surface area contributed by atoms with Crippen LogP contribution in [0.15, 0.2) is 34.9 Å². The van der Waals surface area contributed by atoms with Gasteiger partial charge in [0.25, 0.3) is 0 Å². The van der Waals surface area contributed by atoms with Crippen LogP contribution in [-0.2, 0) is 11.2 Å². The first-order valence-corrected chi connectivity index (χ1v) is 4.95. The van der Waals surface area contributed by atoms with E-state index in [1.807, 2.05) is 12.1 Å². The molecule has 82 valence electrons. The van der Waals surface area contributed by atoms with Gasteiger partial charge in [0.2, 0.25) is 5.89 Å². The molecule has 0 radical (unpaired) electrons. The van der Waals surface area contributed by atoms with Gasteiger partial charge >= 0.3 is 5.97 Å². The summed E-state index contributed by atoms with van der Waals surface area (Å²) in [5.41, 5.74) is 1.27. The molecule has 1 aromatic heterocycles. The van der Waals surface area contributed by atoms with Gasteiger partial charge in [-0.25, -0.2) is 4.98 Å². The molecule has 2 rings (SSSR count). The van der Waals surface area contributed by atoms with Crippen molar-refractivity contribution in [3.8, 4) is 11.3 Å². The minimum absolute atomic E-state index is 0.169. The van der Waals surface area contributed by atoms with Gasteiger partial charge in [-0.1, -0.05) is 29.8 Å². The molecule has 0 unspecified atom stereocenters. The zero-order chi connectivity index (χ0) is 11.5. The Kier molecular flexibility index (Phi) is 2.92. The second kappa shape index (κ2) is 4.37. The van der Waals surface area contributed by atoms with E-state index in [2.05, 4.69) is 4.98 Å². The van der Waals surface area contributed by atoms with E-state index in [0.717, 1.165) is 5.56 Å². The average Bonchev–Trinajstić information content (AvgIpc) is 2.66. The molecule has 4 nitrogen and oxygen atoms in total. The molecule has 0 saturated heterocycles. The van der Waals surface area contributed by atoms with Gasteiger partial charge < -0.3 is 9.52 Å². The Labute approximate surface area is 96.5 Å². The zero-order valence-corrected chi connectivity index (χ0v) is 8.94. The van der Waals surface area contributed by atoms with Crippen molar-refractivity contribution >= 4 is 17.6 Å². The minimum atomic E-state index is -0.979. The molecule has 0 atom stereocenters. The number of rotatable bonds is 3. The Morgan fingerprint density at radius 3 is 2.88 bits per heavy atom. The average molecular weight is 238 g/mol. The van der Waals surface area contributed by atoms with Crippen LogP contribution < -0.4 is 0 Å². The van der Waals surface area contributed by atoms with Crippen LogP contribution >= 0.6 is 11.6 Å². The third kappa shape index (κ3) is 2.23. The summed E-state index contributed by atoms with van der Waals surface area (Å²) in [5.74, 6) is -0.810. The molecule has 0 bridgehead atoms. The van der Waals surface area contributed by atoms with Gasteiger partial charge in [-0.05, 0) is 6.07 Å². The molecule has 0 aliphatic heterocycles. The molecule has 0 fully saturated rings. The number of hydrogen-bond donors (Lipinski definition) is 1. The van der Waals surface area contributed by atoms with Gasteiger partial charge in [-0.2, -0.15) is 0 Å². The van der Waals surface area contributed by atoms with Crippen molar-refractivity contribution in [1.82, 2.24) is 4.98 Å². The van der Waals surface area contributed by atoms with Crippen molar-refractivity contribution in [1.29, 1.82) is 0 Å². The molecule has 5 heteroatoms. The molecule has 0 spiro atoms. The van der Waals surface area contributed by atoms with Crippen LogP contribution in [0.5, 0.6) is 0 Å². The van der Waals surface area contributed by atoms with Gasteiger partial charge in [0, 0.05) is 5.56 Å². The van der Waals surface area contributed by atoms with Crippen molar-refractivity contribution in [2.75, 3.05) is 0 Å². The number of benzene rings is 1. The minimum Gasteiger partial charge on any atom is -0.481 e. The highest BCUT2D eigenvalue weighted by molar-refractivity contribution is 6.33. The maximum absolute atomic E-state index is 10.5. The monoisotopic (exact) mass is 237 g/mol. The Morgan fingerprint density at radius 1 is 1.44 bits per heavy atom. The summed E-state index contributed by atoms with van der Waals surface area (Å²) in [6.07, 6.45) is 1.17. The number of aliphatic carboxylic acids is 1. The molecule has 0 aliphatic carbocycles. The van der Waals surface area contributed by atoms with Gasteiger partial charge in [0.1, 0.15) is 18.4 Å². The van der Waals surface area contributed by atoms with E-state index in [0.29, 0.717) is 10.7 Å². The molecular formula is C11H8ClNO3. The Bertz CT molecular complexity index is 521. The largest absolute Gasteiger partial charge is 0.481 e. The fourth-order valence-corrected chi connectivity index (χ4v) is 1.55. The summed E-state index contributed by atoms with van der Waals surface area (Å²) < 4.78 is 5.03. The first-order chi connectivity index (χ1) is 7.66. The van der Waals surface area contributed by atoms with E-state index >= 15 is 0 Å². The van der Waals surface area contributed by atoms with Crippen molar-refractivity contribution in [3.63, 3.8) is 0 Å². The molecule has 16 heavy (non-hydrogen) atoms. The van der Waals surface area contributed by atoms with E-state index in [4.69, 9.17) is 21.1 Å². The highest BCUT2D eigenvalue weighted by Crippen LogP contribution is 2.26. The number of hydrogen-bond acceptors (Lipinski definition) is 3. The van der Waals surface area contributed by atoms with Crippen LogP contribution in [0.1, 0.15) is 5.89 Å². The predicted octanol–water partition coefficient (Wildman–Crippen LogP) is 2.62. The second-order valence-electron chi connectivity index (χ2n) is 3.18. The van der Waals surface area contributed by atoms with Crippen molar-refractivity contribution in [3.05, 3.63) is 41.4 Å². The molecule has 1 N–H and O–H groups in total. The van der Waals surface area contributed by atoms with Crippen molar-refractivity contribution in [2.45, 2.75) is 6.42 Å². The van der Waals surface area contributed by atoms with E-state index in [9.17, 15) is 4.79 Å². The Balaban J connectivity index is 2.32. The second-order valence-corrected chi connectivity index (χ2v) is 3.58. The standard InChI is InChI=1S/C11H8ClNO3/c12-8-4-2-1-3-7(8)9-6-16-10(13-9)5-11(14)15/h1-4,6H,5H2,(H,14,15). The zero-order valence-electron chi connectivity index (χ0n) is 8.18. The summed E-state index contributed by atoms with van der Waals surface area (Å²) in [6.45, 7) is 0. The van der Waals surface area contributed by atoms with Crippen LogP contribution in [0.25, 0.3) is 11.3 Å². The predicted molar refractivity (Wildman–Crippen MR) is 58.3 cm³/mol. The summed E-state index contributed by atoms with van der Waals surface area (Å²) in [6, 6.07) is 7.17. The van der Waals surface area contributed by atoms with Crippen molar-refractivity contribution < 1.29 is 14.3 Å². The SMILES string of the molecule is O=C(O)Cc1nc(-c2ccccc2Cl)co1. The van der Waals surface area contributed by atoms with Crippen LogP contribution in [0, 0.1) is 0 Å². The lowest BCUT2D eigenvalue weighted by Crippen LogP contribution is -1.99. The molecule has 2 aromatic rings. The quantitative estimate of drug-likeness (QED) is 0.891. The summed E-state index contributed by atoms with van der Waals surface area (Å²) in [5, 5.41) is 9.13. The number of carboxylic acids is 1. The number of halogens is 1. The highest BCUT2D eigenvalue weighted by atomic mass is 35.5. The molecule has 1 heterocycles. The Morgan fingerprint density at radius 2 is 2.19 bits per heavy atom. The molecule has 1 aromatic carbocycles. The first-order valence-electron chi connectivity index (χ1n) is 4.58. The normalized spacial score (nSPS) is 10.3. The highest BCUT2D eigenvalue weighted by Gasteiger charge is 2.11. The lowest BCUT2D eigenvalue weighted by Gasteiger charge is -1.97. The topological polar surface area (TPSA) is 63.3 Å². The third-order valence-corrected chi connectivity index (χ3v) is 2.33. The smallest absolute Gasteiger partial charge is 0.312 e. The maximum Gasteiger partial charge on any atom is 0.312 e. The van der Waals surface area contributed by atoms with Crippen LogP contribution in [0.3, 0.4) is 0 Å². The third-order valence-electron chi connectivity index (χ3n) is 2.00. The van der Waals surface area contributed by atoms with Gasteiger partial charge in [-0.3, -0.25) is 4.79 Å². The summed E-state index contributed by atoms with van der Waals surface area (Å²) in [7, 11) is 0. The maximum atomic E-state index is 10.5. The summed E-state index contributed by atoms with van der Waals surface area (Å²) >= 11 is 5.98. The number of carbonyl (C=O) groups is 1. The van der Waals surface area contributed by atoms with Gasteiger partial charge in [0.05, 0.1) is 5.02 Å². The van der Waals surface area contributed by atoms with Crippen LogP contribution in [0.2, 0.25) is 5.02 Å². The molecule has 0 saturated carbocycles. The van der Waals surface area contributed by atoms with E-state index in [1.54, 1.807) is 12.1 Å². The van der Waals surface area contributed by atoms with Crippen molar-refractivity contribution in [2.24, 2.45) is 0 Å². The van der Waals surface area contributed by atoms with E-state index in [1.165, 1.54) is 6.26 Å². The lowest BCUT2D eigenvalue weighted by atomic mass is 10.2. The number of carboxylic acid groups (broad SMARTS) is 1. The first kappa shape index (κ1) is 10.7. The number of aromatic nitrogens is 1. The Hall–Kier alpha value is -1.81. The summed E-state index contributed by atoms with van der Waals surface area (Å²) in [4.78, 5) is 14.5. The van der Waals surface area contributed by atoms with Crippen LogP contribution in [0.4, 0.5) is 0 Å². The van der Waals surface area contributed by atoms with Crippen LogP contribution in [-0.4, -0.2) is 16.1 Å². The fourth-order valence-electron chi connectivity index (χ4n) is 1.31. The molecular weight excluding hydrogens is 230 g/mol. The fraction of sp³-hybridized carbons (Fsp3) is 0.0909. The number of oxazole rings is 1. The lowest BCUT2D eigenvalue weighted by molar-refractivity contribution is -0.136. The van der Waals surface area contributed by atoms with Gasteiger partial charge in [0.15, 0.2) is 0 Å². The van der Waals surface area contributed by atoms with Gasteiger partial charge in [-0.15, -0.1) is 0 Å². The molecule has 0 amide bonds.